The average Bonchev–Trinajstić information content (AvgIpc) is 2.46. The first-order valence-electron chi connectivity index (χ1n) is 7.94. The minimum absolute atomic E-state index is 0.0490. The summed E-state index contributed by atoms with van der Waals surface area (Å²) in [5.41, 5.74) is 2.09. The summed E-state index contributed by atoms with van der Waals surface area (Å²) in [6.45, 7) is 10.7. The molecule has 0 aromatic heterocycles. The molecule has 1 heterocycles. The van der Waals surface area contributed by atoms with Crippen LogP contribution in [0.4, 0.5) is 0 Å². The number of nitrogens with zero attached hydrogens (tertiary/aromatic N) is 2. The number of amides is 2. The Kier molecular flexibility index (Phi) is 7.67. The van der Waals surface area contributed by atoms with E-state index in [2.05, 4.69) is 24.2 Å². The summed E-state index contributed by atoms with van der Waals surface area (Å²) in [7, 11) is 0. The molecule has 6 nitrogen and oxygen atoms in total. The van der Waals surface area contributed by atoms with E-state index in [4.69, 9.17) is 5.84 Å². The first-order chi connectivity index (χ1) is 9.93. The third-order valence-electron chi connectivity index (χ3n) is 4.05. The second kappa shape index (κ2) is 9.00. The highest BCUT2D eigenvalue weighted by molar-refractivity contribution is 5.85. The van der Waals surface area contributed by atoms with E-state index < -0.39 is 0 Å². The summed E-state index contributed by atoms with van der Waals surface area (Å²) in [6, 6.07) is 0. The molecule has 3 N–H and O–H groups in total. The van der Waals surface area contributed by atoms with Crippen molar-refractivity contribution in [3.05, 3.63) is 0 Å². The van der Waals surface area contributed by atoms with Gasteiger partial charge < -0.3 is 4.90 Å². The van der Waals surface area contributed by atoms with Gasteiger partial charge in [-0.3, -0.25) is 19.9 Å². The van der Waals surface area contributed by atoms with Gasteiger partial charge in [0.2, 0.25) is 11.8 Å². The molecule has 0 radical (unpaired) electrons. The Balaban J connectivity index is 2.25. The Morgan fingerprint density at radius 1 is 1.14 bits per heavy atom. The van der Waals surface area contributed by atoms with Gasteiger partial charge in [-0.1, -0.05) is 20.8 Å². The Bertz CT molecular complexity index is 339. The van der Waals surface area contributed by atoms with Crippen LogP contribution in [0.3, 0.4) is 0 Å². The topological polar surface area (TPSA) is 78.7 Å². The lowest BCUT2D eigenvalue weighted by Crippen LogP contribution is -2.49. The number of hydrazine groups is 1. The summed E-state index contributed by atoms with van der Waals surface area (Å²) in [5.74, 6) is 5.23. The predicted octanol–water partition coefficient (Wildman–Crippen LogP) is 0.583. The number of nitrogens with one attached hydrogen (secondary N) is 1. The van der Waals surface area contributed by atoms with Crippen LogP contribution in [0.25, 0.3) is 0 Å². The number of nitrogens with two attached hydrogens (primary N) is 1. The van der Waals surface area contributed by atoms with Crippen LogP contribution < -0.4 is 11.3 Å². The lowest BCUT2D eigenvalue weighted by atomic mass is 10.1. The maximum Gasteiger partial charge on any atom is 0.237 e. The summed E-state index contributed by atoms with van der Waals surface area (Å²) < 4.78 is 0. The summed E-state index contributed by atoms with van der Waals surface area (Å²) in [5, 5.41) is 0. The van der Waals surface area contributed by atoms with Crippen molar-refractivity contribution in [1.82, 2.24) is 15.2 Å². The molecular formula is C15H30N4O2. The van der Waals surface area contributed by atoms with Crippen molar-refractivity contribution in [2.75, 3.05) is 32.7 Å². The monoisotopic (exact) mass is 298 g/mol. The maximum atomic E-state index is 12.1. The second-order valence-electron chi connectivity index (χ2n) is 6.37. The molecule has 0 aromatic carbocycles. The van der Waals surface area contributed by atoms with Gasteiger partial charge in [0.1, 0.15) is 0 Å². The van der Waals surface area contributed by atoms with E-state index in [-0.39, 0.29) is 24.2 Å². The van der Waals surface area contributed by atoms with Crippen molar-refractivity contribution in [3.63, 3.8) is 0 Å². The number of carbonyl (C=O) groups is 2. The van der Waals surface area contributed by atoms with Crippen LogP contribution in [0.2, 0.25) is 0 Å². The molecule has 1 aliphatic rings. The lowest BCUT2D eigenvalue weighted by Gasteiger charge is -2.35. The number of hydrogen-bond donors (Lipinski definition) is 2. The van der Waals surface area contributed by atoms with Gasteiger partial charge in [-0.25, -0.2) is 5.84 Å². The van der Waals surface area contributed by atoms with Crippen molar-refractivity contribution >= 4 is 11.8 Å². The van der Waals surface area contributed by atoms with E-state index in [9.17, 15) is 9.59 Å². The standard InChI is InChI=1S/C15H30N4O2/c1-12(2)5-4-6-18-7-9-19(10-8-18)14(20)11-13(3)15(21)17-16/h12-13H,4-11,16H2,1-3H3,(H,17,21). The third kappa shape index (κ3) is 6.44. The van der Waals surface area contributed by atoms with Crippen LogP contribution in [0.1, 0.15) is 40.0 Å². The molecule has 0 spiro atoms. The maximum absolute atomic E-state index is 12.1. The van der Waals surface area contributed by atoms with E-state index in [1.165, 1.54) is 12.8 Å². The average molecular weight is 298 g/mol. The van der Waals surface area contributed by atoms with E-state index in [0.29, 0.717) is 0 Å². The normalized spacial score (nSPS) is 17.9. The largest absolute Gasteiger partial charge is 0.340 e. The Hall–Kier alpha value is -1.14. The number of carbonyl (C=O) groups excluding carboxylic acids is 2. The van der Waals surface area contributed by atoms with Crippen molar-refractivity contribution in [2.45, 2.75) is 40.0 Å². The molecule has 2 amide bonds. The minimum Gasteiger partial charge on any atom is -0.340 e. The van der Waals surface area contributed by atoms with Crippen LogP contribution in [0.15, 0.2) is 0 Å². The Morgan fingerprint density at radius 2 is 1.76 bits per heavy atom. The fourth-order valence-electron chi connectivity index (χ4n) is 2.57. The SMILES string of the molecule is CC(C)CCCN1CCN(C(=O)CC(C)C(=O)NN)CC1. The van der Waals surface area contributed by atoms with E-state index in [0.717, 1.165) is 38.6 Å². The Labute approximate surface area is 128 Å². The smallest absolute Gasteiger partial charge is 0.237 e. The highest BCUT2D eigenvalue weighted by Gasteiger charge is 2.24. The number of piperazine rings is 1. The quantitative estimate of drug-likeness (QED) is 0.409. The van der Waals surface area contributed by atoms with E-state index in [1.54, 1.807) is 6.92 Å². The predicted molar refractivity (Wildman–Crippen MR) is 83.2 cm³/mol. The molecule has 1 rings (SSSR count). The molecule has 1 fully saturated rings. The van der Waals surface area contributed by atoms with E-state index >= 15 is 0 Å². The minimum atomic E-state index is -0.369. The summed E-state index contributed by atoms with van der Waals surface area (Å²) >= 11 is 0. The number of hydrogen-bond acceptors (Lipinski definition) is 4. The zero-order valence-corrected chi connectivity index (χ0v) is 13.6. The van der Waals surface area contributed by atoms with Crippen LogP contribution >= 0.6 is 0 Å². The molecule has 1 aliphatic heterocycles. The van der Waals surface area contributed by atoms with Crippen LogP contribution in [0.5, 0.6) is 0 Å². The molecule has 6 heteroatoms. The molecule has 0 bridgehead atoms. The molecule has 0 saturated carbocycles. The van der Waals surface area contributed by atoms with Gasteiger partial charge in [0, 0.05) is 38.5 Å². The van der Waals surface area contributed by atoms with Crippen molar-refractivity contribution in [3.8, 4) is 0 Å². The molecule has 122 valence electrons. The molecule has 21 heavy (non-hydrogen) atoms. The van der Waals surface area contributed by atoms with Crippen LogP contribution in [-0.2, 0) is 9.59 Å². The molecule has 0 aliphatic carbocycles. The van der Waals surface area contributed by atoms with Crippen LogP contribution in [-0.4, -0.2) is 54.3 Å². The molecular weight excluding hydrogens is 268 g/mol. The van der Waals surface area contributed by atoms with Crippen LogP contribution in [0, 0.1) is 11.8 Å². The first kappa shape index (κ1) is 17.9. The van der Waals surface area contributed by atoms with Gasteiger partial charge in [0.15, 0.2) is 0 Å². The first-order valence-corrected chi connectivity index (χ1v) is 7.94. The van der Waals surface area contributed by atoms with Gasteiger partial charge in [-0.2, -0.15) is 0 Å². The van der Waals surface area contributed by atoms with Gasteiger partial charge in [0.05, 0.1) is 0 Å². The third-order valence-corrected chi connectivity index (χ3v) is 4.05. The highest BCUT2D eigenvalue weighted by Crippen LogP contribution is 2.10. The lowest BCUT2D eigenvalue weighted by molar-refractivity contribution is -0.137. The Morgan fingerprint density at radius 3 is 2.29 bits per heavy atom. The molecule has 0 aromatic rings. The van der Waals surface area contributed by atoms with Gasteiger partial charge in [-0.05, 0) is 25.3 Å². The van der Waals surface area contributed by atoms with Gasteiger partial charge >= 0.3 is 0 Å². The van der Waals surface area contributed by atoms with Crippen molar-refractivity contribution in [2.24, 2.45) is 17.7 Å². The van der Waals surface area contributed by atoms with Crippen molar-refractivity contribution < 1.29 is 9.59 Å². The van der Waals surface area contributed by atoms with E-state index in [1.807, 2.05) is 4.90 Å². The highest BCUT2D eigenvalue weighted by atomic mass is 16.2. The fraction of sp³-hybridized carbons (Fsp3) is 0.867. The van der Waals surface area contributed by atoms with Gasteiger partial charge in [0.25, 0.3) is 0 Å². The zero-order valence-electron chi connectivity index (χ0n) is 13.6. The molecule has 1 atom stereocenters. The summed E-state index contributed by atoms with van der Waals surface area (Å²) in [4.78, 5) is 27.7. The number of rotatable bonds is 7. The molecule has 1 unspecified atom stereocenters. The van der Waals surface area contributed by atoms with Crippen molar-refractivity contribution in [1.29, 1.82) is 0 Å². The molecule has 1 saturated heterocycles. The summed E-state index contributed by atoms with van der Waals surface area (Å²) in [6.07, 6.45) is 2.71. The second-order valence-corrected chi connectivity index (χ2v) is 6.37. The fourth-order valence-corrected chi connectivity index (χ4v) is 2.57. The zero-order chi connectivity index (χ0) is 15.8. The van der Waals surface area contributed by atoms with Gasteiger partial charge in [-0.15, -0.1) is 0 Å².